The smallest absolute Gasteiger partial charge is 0.342 e. The van der Waals surface area contributed by atoms with Gasteiger partial charge in [-0.25, -0.2) is 9.59 Å². The van der Waals surface area contributed by atoms with Gasteiger partial charge in [-0.2, -0.15) is 9.97 Å². The minimum absolute atomic E-state index is 0.0221. The Balaban J connectivity index is 2.19. The van der Waals surface area contributed by atoms with Crippen molar-refractivity contribution in [2.75, 3.05) is 20.8 Å². The first-order valence-corrected chi connectivity index (χ1v) is 8.51. The monoisotopic (exact) mass is 402 g/mol. The van der Waals surface area contributed by atoms with E-state index in [4.69, 9.17) is 23.4 Å². The van der Waals surface area contributed by atoms with E-state index in [1.807, 2.05) is 0 Å². The number of carboxylic acid groups (broad SMARTS) is 1. The predicted molar refractivity (Wildman–Crippen MR) is 99.1 cm³/mol. The molecule has 0 unspecified atom stereocenters. The van der Waals surface area contributed by atoms with Crippen LogP contribution in [-0.2, 0) is 4.74 Å². The van der Waals surface area contributed by atoms with Gasteiger partial charge in [-0.1, -0.05) is 0 Å². The molecule has 1 aromatic carbocycles. The highest BCUT2D eigenvalue weighted by molar-refractivity contribution is 6.14. The molecule has 0 bridgehead atoms. The minimum atomic E-state index is -1.33. The van der Waals surface area contributed by atoms with Gasteiger partial charge in [-0.05, 0) is 26.0 Å². The molecule has 0 aliphatic rings. The predicted octanol–water partition coefficient (Wildman–Crippen LogP) is 3.22. The highest BCUT2D eigenvalue weighted by atomic mass is 16.5. The van der Waals surface area contributed by atoms with Crippen LogP contribution in [-0.4, -0.2) is 47.8 Å². The Kier molecular flexibility index (Phi) is 5.53. The number of carboxylic acids is 1. The largest absolute Gasteiger partial charge is 0.481 e. The van der Waals surface area contributed by atoms with Crippen molar-refractivity contribution in [1.29, 1.82) is 0 Å². The molecule has 3 aromatic rings. The molecule has 2 heterocycles. The molecule has 0 saturated carbocycles. The van der Waals surface area contributed by atoms with Crippen LogP contribution in [0.4, 0.5) is 0 Å². The van der Waals surface area contributed by atoms with Crippen molar-refractivity contribution in [2.45, 2.75) is 13.8 Å². The van der Waals surface area contributed by atoms with Crippen molar-refractivity contribution in [1.82, 2.24) is 9.97 Å². The average Bonchev–Trinajstić information content (AvgIpc) is 3.03. The van der Waals surface area contributed by atoms with Crippen LogP contribution in [0.15, 0.2) is 22.6 Å². The third kappa shape index (κ3) is 3.77. The molecule has 0 fully saturated rings. The Labute approximate surface area is 165 Å². The molecule has 29 heavy (non-hydrogen) atoms. The Morgan fingerprint density at radius 1 is 1.10 bits per heavy atom. The first-order chi connectivity index (χ1) is 13.9. The molecule has 0 aliphatic carbocycles. The summed E-state index contributed by atoms with van der Waals surface area (Å²) in [6.07, 6.45) is 0. The molecule has 3 rings (SSSR count). The number of esters is 1. The second kappa shape index (κ2) is 8.05. The van der Waals surface area contributed by atoms with Gasteiger partial charge in [0, 0.05) is 0 Å². The highest BCUT2D eigenvalue weighted by Gasteiger charge is 2.28. The Morgan fingerprint density at radius 2 is 1.76 bits per heavy atom. The van der Waals surface area contributed by atoms with Crippen molar-refractivity contribution < 1.29 is 38.1 Å². The van der Waals surface area contributed by atoms with E-state index in [9.17, 15) is 14.7 Å². The quantitative estimate of drug-likeness (QED) is 0.588. The van der Waals surface area contributed by atoms with Crippen LogP contribution >= 0.6 is 0 Å². The van der Waals surface area contributed by atoms with E-state index in [1.54, 1.807) is 13.8 Å². The number of methoxy groups -OCH3 is 2. The van der Waals surface area contributed by atoms with Crippen molar-refractivity contribution >= 4 is 22.9 Å². The summed E-state index contributed by atoms with van der Waals surface area (Å²) in [5, 5.41) is 9.89. The van der Waals surface area contributed by atoms with E-state index in [2.05, 4.69) is 9.97 Å². The molecule has 2 aromatic heterocycles. The molecule has 0 aliphatic heterocycles. The number of hydrogen-bond donors (Lipinski definition) is 1. The molecule has 0 radical (unpaired) electrons. The number of aromatic carboxylic acids is 1. The van der Waals surface area contributed by atoms with Crippen molar-refractivity contribution in [2.24, 2.45) is 0 Å². The SMILES string of the molecule is CCOC(=O)c1c(C)oc2ccc(Oc3nc(OC)cc(OC)n3)c(C(=O)O)c12. The van der Waals surface area contributed by atoms with Gasteiger partial charge in [-0.3, -0.25) is 0 Å². The number of carbonyl (C=O) groups excluding carboxylic acids is 1. The fourth-order valence-corrected chi connectivity index (χ4v) is 2.77. The Hall–Kier alpha value is -3.82. The summed E-state index contributed by atoms with van der Waals surface area (Å²) in [6.45, 7) is 3.32. The van der Waals surface area contributed by atoms with E-state index in [1.165, 1.54) is 32.4 Å². The number of aromatic nitrogens is 2. The first-order valence-electron chi connectivity index (χ1n) is 8.51. The lowest BCUT2D eigenvalue weighted by Crippen LogP contribution is -2.09. The van der Waals surface area contributed by atoms with E-state index in [-0.39, 0.29) is 58.0 Å². The average molecular weight is 402 g/mol. The van der Waals surface area contributed by atoms with E-state index < -0.39 is 11.9 Å². The maximum absolute atomic E-state index is 12.4. The molecule has 10 nitrogen and oxygen atoms in total. The minimum Gasteiger partial charge on any atom is -0.481 e. The van der Waals surface area contributed by atoms with Gasteiger partial charge in [0.2, 0.25) is 11.8 Å². The van der Waals surface area contributed by atoms with Crippen LogP contribution in [0.1, 0.15) is 33.4 Å². The zero-order valence-corrected chi connectivity index (χ0v) is 16.1. The molecular weight excluding hydrogens is 384 g/mol. The third-order valence-corrected chi connectivity index (χ3v) is 3.97. The number of rotatable bonds is 7. The Morgan fingerprint density at radius 3 is 2.31 bits per heavy atom. The summed E-state index contributed by atoms with van der Waals surface area (Å²) >= 11 is 0. The number of fused-ring (bicyclic) bond motifs is 1. The standard InChI is InChI=1S/C19H18N2O8/c1-5-27-18(24)14-9(2)28-10-6-7-11(16(15(10)14)17(22)23)29-19-20-12(25-3)8-13(21-19)26-4/h6-8H,5H2,1-4H3,(H,22,23). The van der Waals surface area contributed by atoms with Crippen LogP contribution < -0.4 is 14.2 Å². The van der Waals surface area contributed by atoms with Gasteiger partial charge in [-0.15, -0.1) is 0 Å². The maximum Gasteiger partial charge on any atom is 0.342 e. The normalized spacial score (nSPS) is 10.6. The third-order valence-electron chi connectivity index (χ3n) is 3.97. The molecule has 0 amide bonds. The maximum atomic E-state index is 12.4. The molecule has 0 atom stereocenters. The zero-order chi connectivity index (χ0) is 21.1. The molecule has 0 saturated heterocycles. The fourth-order valence-electron chi connectivity index (χ4n) is 2.77. The molecule has 152 valence electrons. The van der Waals surface area contributed by atoms with Gasteiger partial charge in [0.1, 0.15) is 28.2 Å². The lowest BCUT2D eigenvalue weighted by molar-refractivity contribution is 0.0526. The highest BCUT2D eigenvalue weighted by Crippen LogP contribution is 2.36. The fraction of sp³-hybridized carbons (Fsp3) is 0.263. The van der Waals surface area contributed by atoms with Crippen molar-refractivity contribution in [3.63, 3.8) is 0 Å². The number of hydrogen-bond acceptors (Lipinski definition) is 9. The summed E-state index contributed by atoms with van der Waals surface area (Å²) in [7, 11) is 2.81. The number of ether oxygens (including phenoxy) is 4. The second-order valence-electron chi connectivity index (χ2n) is 5.71. The topological polar surface area (TPSA) is 130 Å². The van der Waals surface area contributed by atoms with Crippen molar-refractivity contribution in [3.8, 4) is 23.5 Å². The lowest BCUT2D eigenvalue weighted by Gasteiger charge is -2.10. The Bertz CT molecular complexity index is 1070. The van der Waals surface area contributed by atoms with Crippen LogP contribution in [0.3, 0.4) is 0 Å². The number of benzene rings is 1. The summed E-state index contributed by atoms with van der Waals surface area (Å²) in [5.74, 6) is -1.55. The molecule has 10 heteroatoms. The summed E-state index contributed by atoms with van der Waals surface area (Å²) < 4.78 is 26.3. The number of furan rings is 1. The molecule has 0 spiro atoms. The second-order valence-corrected chi connectivity index (χ2v) is 5.71. The van der Waals surface area contributed by atoms with Gasteiger partial charge in [0.15, 0.2) is 0 Å². The van der Waals surface area contributed by atoms with Gasteiger partial charge < -0.3 is 28.5 Å². The number of nitrogens with zero attached hydrogens (tertiary/aromatic N) is 2. The van der Waals surface area contributed by atoms with E-state index in [0.29, 0.717) is 0 Å². The summed E-state index contributed by atoms with van der Waals surface area (Å²) in [6, 6.07) is 4.12. The van der Waals surface area contributed by atoms with Gasteiger partial charge in [0.05, 0.1) is 32.3 Å². The molecular formula is C19H18N2O8. The van der Waals surface area contributed by atoms with Crippen LogP contribution in [0.5, 0.6) is 23.5 Å². The van der Waals surface area contributed by atoms with E-state index in [0.717, 1.165) is 0 Å². The zero-order valence-electron chi connectivity index (χ0n) is 16.1. The van der Waals surface area contributed by atoms with E-state index >= 15 is 0 Å². The summed E-state index contributed by atoms with van der Waals surface area (Å²) in [4.78, 5) is 32.5. The first kappa shape index (κ1) is 19.9. The molecule has 1 N–H and O–H groups in total. The van der Waals surface area contributed by atoms with Crippen LogP contribution in [0.2, 0.25) is 0 Å². The van der Waals surface area contributed by atoms with Crippen LogP contribution in [0, 0.1) is 6.92 Å². The van der Waals surface area contributed by atoms with Crippen molar-refractivity contribution in [3.05, 3.63) is 35.1 Å². The van der Waals surface area contributed by atoms with Gasteiger partial charge in [0.25, 0.3) is 0 Å². The summed E-state index contributed by atoms with van der Waals surface area (Å²) in [5.41, 5.74) is -0.0546. The van der Waals surface area contributed by atoms with Gasteiger partial charge >= 0.3 is 17.9 Å². The van der Waals surface area contributed by atoms with Crippen LogP contribution in [0.25, 0.3) is 11.0 Å². The number of aryl methyl sites for hydroxylation is 1. The number of carbonyl (C=O) groups is 2. The lowest BCUT2D eigenvalue weighted by atomic mass is 10.0.